The molecule has 0 saturated heterocycles. The van der Waals surface area contributed by atoms with E-state index in [4.69, 9.17) is 0 Å². The molecular weight excluding hydrogens is 350 g/mol. The fourth-order valence-electron chi connectivity index (χ4n) is 2.76. The number of anilines is 1. The lowest BCUT2D eigenvalue weighted by atomic mass is 10.2. The third-order valence-corrected chi connectivity index (χ3v) is 4.05. The summed E-state index contributed by atoms with van der Waals surface area (Å²) >= 11 is 0. The van der Waals surface area contributed by atoms with Crippen molar-refractivity contribution in [3.63, 3.8) is 0 Å². The molecule has 10 nitrogen and oxygen atoms in total. The number of aromatic nitrogens is 5. The summed E-state index contributed by atoms with van der Waals surface area (Å²) in [6, 6.07) is 9.78. The van der Waals surface area contributed by atoms with Crippen molar-refractivity contribution in [2.75, 3.05) is 5.32 Å². The van der Waals surface area contributed by atoms with Gasteiger partial charge in [-0.05, 0) is 19.4 Å². The van der Waals surface area contributed by atoms with E-state index >= 15 is 0 Å². The molecule has 0 radical (unpaired) electrons. The highest BCUT2D eigenvalue weighted by Crippen LogP contribution is 2.21. The smallest absolute Gasteiger partial charge is 0.293 e. The van der Waals surface area contributed by atoms with Gasteiger partial charge in [0, 0.05) is 6.42 Å². The molecule has 1 amide bonds. The quantitative estimate of drug-likeness (QED) is 0.503. The van der Waals surface area contributed by atoms with E-state index in [1.807, 2.05) is 30.3 Å². The van der Waals surface area contributed by atoms with Crippen LogP contribution in [0, 0.1) is 24.0 Å². The second kappa shape index (κ2) is 7.77. The zero-order valence-electron chi connectivity index (χ0n) is 15.0. The SMILES string of the molecule is Cc1nn(CCC(=O)Nc2ncn(Cc3ccccc3)n2)c(C)c1[N+](=O)[O-]. The van der Waals surface area contributed by atoms with Crippen molar-refractivity contribution in [2.45, 2.75) is 33.4 Å². The second-order valence-electron chi connectivity index (χ2n) is 6.05. The van der Waals surface area contributed by atoms with Crippen molar-refractivity contribution in [3.05, 3.63) is 63.7 Å². The van der Waals surface area contributed by atoms with E-state index in [-0.39, 0.29) is 30.5 Å². The summed E-state index contributed by atoms with van der Waals surface area (Å²) in [7, 11) is 0. The van der Waals surface area contributed by atoms with Gasteiger partial charge < -0.3 is 0 Å². The molecule has 1 N–H and O–H groups in total. The van der Waals surface area contributed by atoms with Gasteiger partial charge in [0.1, 0.15) is 17.7 Å². The average molecular weight is 369 g/mol. The van der Waals surface area contributed by atoms with Crippen LogP contribution in [0.1, 0.15) is 23.4 Å². The molecule has 2 aromatic heterocycles. The Labute approximate surface area is 155 Å². The Kier molecular flexibility index (Phi) is 5.25. The van der Waals surface area contributed by atoms with Crippen LogP contribution < -0.4 is 5.32 Å². The van der Waals surface area contributed by atoms with E-state index in [9.17, 15) is 14.9 Å². The molecule has 0 bridgehead atoms. The molecule has 3 rings (SSSR count). The number of hydrogen-bond acceptors (Lipinski definition) is 6. The van der Waals surface area contributed by atoms with Gasteiger partial charge in [0.25, 0.3) is 0 Å². The molecule has 27 heavy (non-hydrogen) atoms. The summed E-state index contributed by atoms with van der Waals surface area (Å²) < 4.78 is 3.10. The standard InChI is InChI=1S/C17H19N7O3/c1-12-16(24(26)27)13(2)23(20-12)9-8-15(25)19-17-18-11-22(21-17)10-14-6-4-3-5-7-14/h3-7,11H,8-10H2,1-2H3,(H,19,21,25). The number of rotatable bonds is 7. The highest BCUT2D eigenvalue weighted by molar-refractivity contribution is 5.88. The Morgan fingerprint density at radius 2 is 1.96 bits per heavy atom. The van der Waals surface area contributed by atoms with Crippen LogP contribution in [0.4, 0.5) is 11.6 Å². The van der Waals surface area contributed by atoms with Gasteiger partial charge in [0.05, 0.1) is 18.0 Å². The number of carbonyl (C=O) groups excluding carboxylic acids is 1. The van der Waals surface area contributed by atoms with E-state index in [1.165, 1.54) is 4.68 Å². The topological polar surface area (TPSA) is 121 Å². The van der Waals surface area contributed by atoms with Crippen molar-refractivity contribution in [2.24, 2.45) is 0 Å². The molecule has 0 aliphatic rings. The predicted molar refractivity (Wildman–Crippen MR) is 97.2 cm³/mol. The Morgan fingerprint density at radius 1 is 1.22 bits per heavy atom. The fourth-order valence-corrected chi connectivity index (χ4v) is 2.76. The van der Waals surface area contributed by atoms with Gasteiger partial charge in [-0.2, -0.15) is 5.10 Å². The lowest BCUT2D eigenvalue weighted by molar-refractivity contribution is -0.386. The van der Waals surface area contributed by atoms with E-state index in [0.717, 1.165) is 5.56 Å². The van der Waals surface area contributed by atoms with Gasteiger partial charge in [-0.15, -0.1) is 5.10 Å². The first-order chi connectivity index (χ1) is 12.9. The van der Waals surface area contributed by atoms with Gasteiger partial charge >= 0.3 is 5.69 Å². The van der Waals surface area contributed by atoms with Gasteiger partial charge in [-0.3, -0.25) is 24.9 Å². The Hall–Kier alpha value is -3.56. The largest absolute Gasteiger partial charge is 0.312 e. The highest BCUT2D eigenvalue weighted by Gasteiger charge is 2.21. The summed E-state index contributed by atoms with van der Waals surface area (Å²) in [5.41, 5.74) is 1.82. The summed E-state index contributed by atoms with van der Waals surface area (Å²) in [6.07, 6.45) is 1.65. The van der Waals surface area contributed by atoms with E-state index < -0.39 is 4.92 Å². The van der Waals surface area contributed by atoms with Gasteiger partial charge in [-0.25, -0.2) is 9.67 Å². The zero-order chi connectivity index (χ0) is 19.4. The average Bonchev–Trinajstić information content (AvgIpc) is 3.17. The lowest BCUT2D eigenvalue weighted by Gasteiger charge is -2.04. The first-order valence-corrected chi connectivity index (χ1v) is 8.35. The van der Waals surface area contributed by atoms with Gasteiger partial charge in [0.2, 0.25) is 11.9 Å². The van der Waals surface area contributed by atoms with Crippen LogP contribution in [0.3, 0.4) is 0 Å². The van der Waals surface area contributed by atoms with Crippen LogP contribution in [-0.2, 0) is 17.9 Å². The molecule has 0 spiro atoms. The Bertz CT molecular complexity index is 962. The maximum absolute atomic E-state index is 12.1. The maximum atomic E-state index is 12.1. The molecular formula is C17H19N7O3. The van der Waals surface area contributed by atoms with Crippen LogP contribution in [0.5, 0.6) is 0 Å². The number of aryl methyl sites for hydroxylation is 2. The molecule has 0 aliphatic heterocycles. The number of nitro groups is 1. The molecule has 0 fully saturated rings. The van der Waals surface area contributed by atoms with E-state index in [0.29, 0.717) is 17.9 Å². The van der Waals surface area contributed by atoms with E-state index in [1.54, 1.807) is 24.9 Å². The molecule has 140 valence electrons. The minimum absolute atomic E-state index is 0.0169. The number of carbonyl (C=O) groups is 1. The molecule has 0 saturated carbocycles. The molecule has 3 aromatic rings. The Balaban J connectivity index is 1.56. The van der Waals surface area contributed by atoms with Crippen LogP contribution in [0.25, 0.3) is 0 Å². The number of benzene rings is 1. The van der Waals surface area contributed by atoms with Crippen molar-refractivity contribution < 1.29 is 9.72 Å². The fraction of sp³-hybridized carbons (Fsp3) is 0.294. The molecule has 0 atom stereocenters. The minimum atomic E-state index is -0.461. The normalized spacial score (nSPS) is 10.7. The van der Waals surface area contributed by atoms with E-state index in [2.05, 4.69) is 20.5 Å². The molecule has 0 aliphatic carbocycles. The van der Waals surface area contributed by atoms with Crippen LogP contribution >= 0.6 is 0 Å². The highest BCUT2D eigenvalue weighted by atomic mass is 16.6. The van der Waals surface area contributed by atoms with Gasteiger partial charge in [0.15, 0.2) is 0 Å². The number of hydrogen-bond donors (Lipinski definition) is 1. The Morgan fingerprint density at radius 3 is 2.63 bits per heavy atom. The number of amides is 1. The van der Waals surface area contributed by atoms with Crippen LogP contribution in [0.15, 0.2) is 36.7 Å². The summed E-state index contributed by atoms with van der Waals surface area (Å²) in [6.45, 7) is 3.98. The molecule has 1 aromatic carbocycles. The third-order valence-electron chi connectivity index (χ3n) is 4.05. The maximum Gasteiger partial charge on any atom is 0.312 e. The third kappa shape index (κ3) is 4.35. The molecule has 0 unspecified atom stereocenters. The zero-order valence-corrected chi connectivity index (χ0v) is 15.0. The first-order valence-electron chi connectivity index (χ1n) is 8.35. The van der Waals surface area contributed by atoms with Crippen molar-refractivity contribution in [1.82, 2.24) is 24.5 Å². The second-order valence-corrected chi connectivity index (χ2v) is 6.05. The van der Waals surface area contributed by atoms with Crippen molar-refractivity contribution in [1.29, 1.82) is 0 Å². The summed E-state index contributed by atoms with van der Waals surface area (Å²) in [4.78, 5) is 26.8. The molecule has 10 heteroatoms. The van der Waals surface area contributed by atoms with Crippen LogP contribution in [-0.4, -0.2) is 35.4 Å². The van der Waals surface area contributed by atoms with Crippen molar-refractivity contribution in [3.8, 4) is 0 Å². The minimum Gasteiger partial charge on any atom is -0.293 e. The summed E-state index contributed by atoms with van der Waals surface area (Å²) in [5, 5.41) is 22.0. The molecule has 2 heterocycles. The predicted octanol–water partition coefficient (Wildman–Crippen LogP) is 2.08. The first kappa shape index (κ1) is 18.2. The number of nitrogens with zero attached hydrogens (tertiary/aromatic N) is 6. The monoisotopic (exact) mass is 369 g/mol. The van der Waals surface area contributed by atoms with Gasteiger partial charge in [-0.1, -0.05) is 30.3 Å². The number of nitrogens with one attached hydrogen (secondary N) is 1. The lowest BCUT2D eigenvalue weighted by Crippen LogP contribution is -2.16. The van der Waals surface area contributed by atoms with Crippen LogP contribution in [0.2, 0.25) is 0 Å². The van der Waals surface area contributed by atoms with Crippen molar-refractivity contribution >= 4 is 17.5 Å². The summed E-state index contributed by atoms with van der Waals surface area (Å²) in [5.74, 6) is -0.0713.